The molecular formula is C30H22N2O6S. The average Bonchev–Trinajstić information content (AvgIpc) is 3.65. The van der Waals surface area contributed by atoms with Gasteiger partial charge in [0, 0.05) is 5.39 Å². The van der Waals surface area contributed by atoms with E-state index in [4.69, 9.17) is 13.9 Å². The first kappa shape index (κ1) is 24.4. The summed E-state index contributed by atoms with van der Waals surface area (Å²) in [4.78, 5) is 33.4. The number of ketones is 1. The Morgan fingerprint density at radius 1 is 1.13 bits per heavy atom. The molecule has 194 valence electrons. The number of aromatic nitrogens is 1. The van der Waals surface area contributed by atoms with Gasteiger partial charge in [-0.1, -0.05) is 54.3 Å². The summed E-state index contributed by atoms with van der Waals surface area (Å²) in [5.41, 5.74) is 1.69. The molecule has 6 rings (SSSR count). The van der Waals surface area contributed by atoms with Crippen LogP contribution in [0.1, 0.15) is 22.2 Å². The minimum absolute atomic E-state index is 0.0253. The second kappa shape index (κ2) is 9.77. The maximum Gasteiger partial charge on any atom is 0.296 e. The van der Waals surface area contributed by atoms with Crippen molar-refractivity contribution < 1.29 is 28.6 Å². The van der Waals surface area contributed by atoms with Crippen molar-refractivity contribution in [2.45, 2.75) is 6.04 Å². The summed E-state index contributed by atoms with van der Waals surface area (Å²) in [6.45, 7) is 3.99. The van der Waals surface area contributed by atoms with E-state index in [1.54, 1.807) is 67.8 Å². The van der Waals surface area contributed by atoms with Crippen molar-refractivity contribution in [3.8, 4) is 11.5 Å². The zero-order chi connectivity index (χ0) is 27.1. The summed E-state index contributed by atoms with van der Waals surface area (Å²) in [5, 5.41) is 12.2. The smallest absolute Gasteiger partial charge is 0.296 e. The Hall–Kier alpha value is -4.89. The van der Waals surface area contributed by atoms with E-state index >= 15 is 0 Å². The highest BCUT2D eigenvalue weighted by Gasteiger charge is 2.46. The molecule has 0 aliphatic carbocycles. The average molecular weight is 539 g/mol. The number of hydrogen-bond acceptors (Lipinski definition) is 8. The van der Waals surface area contributed by atoms with E-state index in [0.29, 0.717) is 39.9 Å². The number of aliphatic hydroxyl groups excluding tert-OH is 1. The van der Waals surface area contributed by atoms with E-state index in [-0.39, 0.29) is 11.3 Å². The molecule has 1 aliphatic heterocycles. The number of rotatable bonds is 8. The third kappa shape index (κ3) is 4.22. The van der Waals surface area contributed by atoms with Gasteiger partial charge in [0.25, 0.3) is 5.91 Å². The predicted molar refractivity (Wildman–Crippen MR) is 149 cm³/mol. The minimum Gasteiger partial charge on any atom is -0.503 e. The van der Waals surface area contributed by atoms with Gasteiger partial charge >= 0.3 is 0 Å². The fraction of sp³-hybridized carbons (Fsp3) is 0.100. The van der Waals surface area contributed by atoms with Gasteiger partial charge in [0.05, 0.1) is 28.9 Å². The van der Waals surface area contributed by atoms with Crippen molar-refractivity contribution in [2.75, 3.05) is 18.6 Å². The highest BCUT2D eigenvalue weighted by molar-refractivity contribution is 7.22. The largest absolute Gasteiger partial charge is 0.503 e. The third-order valence-corrected chi connectivity index (χ3v) is 7.47. The number of fused-ring (bicyclic) bond motifs is 2. The Morgan fingerprint density at radius 3 is 2.64 bits per heavy atom. The molecule has 3 aromatic carbocycles. The lowest BCUT2D eigenvalue weighted by atomic mass is 9.95. The van der Waals surface area contributed by atoms with Gasteiger partial charge in [0.2, 0.25) is 5.78 Å². The van der Waals surface area contributed by atoms with E-state index in [2.05, 4.69) is 11.6 Å². The summed E-state index contributed by atoms with van der Waals surface area (Å²) < 4.78 is 17.5. The lowest BCUT2D eigenvalue weighted by Crippen LogP contribution is -2.30. The highest BCUT2D eigenvalue weighted by Crippen LogP contribution is 2.45. The number of amides is 1. The number of carbonyl (C=O) groups excluding carboxylic acids is 2. The molecule has 0 bridgehead atoms. The van der Waals surface area contributed by atoms with Crippen molar-refractivity contribution in [3.05, 3.63) is 108 Å². The van der Waals surface area contributed by atoms with Gasteiger partial charge < -0.3 is 19.0 Å². The Morgan fingerprint density at radius 2 is 1.90 bits per heavy atom. The molecule has 5 aromatic rings. The van der Waals surface area contributed by atoms with Crippen LogP contribution in [0.4, 0.5) is 5.13 Å². The number of thiazole rings is 1. The number of para-hydroxylation sites is 1. The molecular weight excluding hydrogens is 516 g/mol. The summed E-state index contributed by atoms with van der Waals surface area (Å²) in [5.74, 6) is -0.678. The molecule has 0 radical (unpaired) electrons. The van der Waals surface area contributed by atoms with E-state index in [1.165, 1.54) is 16.2 Å². The van der Waals surface area contributed by atoms with Gasteiger partial charge in [0.15, 0.2) is 16.7 Å². The molecule has 0 saturated heterocycles. The van der Waals surface area contributed by atoms with Crippen LogP contribution >= 0.6 is 11.3 Å². The molecule has 9 heteroatoms. The summed E-state index contributed by atoms with van der Waals surface area (Å²) >= 11 is 1.26. The van der Waals surface area contributed by atoms with Crippen LogP contribution in [-0.4, -0.2) is 35.5 Å². The highest BCUT2D eigenvalue weighted by atomic mass is 32.1. The zero-order valence-electron chi connectivity index (χ0n) is 20.8. The van der Waals surface area contributed by atoms with Gasteiger partial charge in [-0.15, -0.1) is 0 Å². The molecule has 3 heterocycles. The fourth-order valence-corrected chi connectivity index (χ4v) is 5.62. The monoisotopic (exact) mass is 538 g/mol. The van der Waals surface area contributed by atoms with Crippen LogP contribution < -0.4 is 14.4 Å². The van der Waals surface area contributed by atoms with Gasteiger partial charge in [0.1, 0.15) is 23.7 Å². The Bertz CT molecular complexity index is 1750. The molecule has 1 amide bonds. The standard InChI is InChI=1S/C30H22N2O6S/c1-3-14-37-19-10-8-17(9-11-19)26-25(27(33)23-15-18-6-4-5-7-22(18)38-23)28(34)29(35)32(26)30-31-21-13-12-20(36-2)16-24(21)39-30/h3-13,15-16,26,34H,1,14H2,2H3. The summed E-state index contributed by atoms with van der Waals surface area (Å²) in [6, 6.07) is 20.3. The number of furan rings is 1. The molecule has 8 nitrogen and oxygen atoms in total. The third-order valence-electron chi connectivity index (χ3n) is 6.46. The maximum atomic E-state index is 13.8. The maximum absolute atomic E-state index is 13.8. The van der Waals surface area contributed by atoms with Crippen LogP contribution in [0.25, 0.3) is 21.2 Å². The molecule has 39 heavy (non-hydrogen) atoms. The first-order chi connectivity index (χ1) is 19.0. The SMILES string of the molecule is C=CCOc1ccc(C2C(C(=O)c3cc4ccccc4o3)=C(O)C(=O)N2c2nc3ccc(OC)cc3s2)cc1. The molecule has 1 unspecified atom stereocenters. The van der Waals surface area contributed by atoms with Crippen LogP contribution in [0, 0.1) is 0 Å². The number of anilines is 1. The van der Waals surface area contributed by atoms with Crippen LogP contribution in [0.15, 0.2) is 101 Å². The molecule has 1 atom stereocenters. The summed E-state index contributed by atoms with van der Waals surface area (Å²) in [6.07, 6.45) is 1.64. The lowest BCUT2D eigenvalue weighted by Gasteiger charge is -2.24. The van der Waals surface area contributed by atoms with Gasteiger partial charge in [-0.2, -0.15) is 0 Å². The van der Waals surface area contributed by atoms with Crippen molar-refractivity contribution >= 4 is 49.3 Å². The van der Waals surface area contributed by atoms with E-state index in [9.17, 15) is 14.7 Å². The van der Waals surface area contributed by atoms with Crippen molar-refractivity contribution in [3.63, 3.8) is 0 Å². The fourth-order valence-electron chi connectivity index (χ4n) is 4.60. The van der Waals surface area contributed by atoms with Crippen LogP contribution in [0.2, 0.25) is 0 Å². The van der Waals surface area contributed by atoms with Crippen molar-refractivity contribution in [1.82, 2.24) is 4.98 Å². The quantitative estimate of drug-likeness (QED) is 0.180. The van der Waals surface area contributed by atoms with Gasteiger partial charge in [-0.05, 0) is 48.0 Å². The number of methoxy groups -OCH3 is 1. The molecule has 0 fully saturated rings. The number of carbonyl (C=O) groups is 2. The predicted octanol–water partition coefficient (Wildman–Crippen LogP) is 6.40. The van der Waals surface area contributed by atoms with Gasteiger partial charge in [-0.3, -0.25) is 14.5 Å². The molecule has 2 aromatic heterocycles. The Kier molecular flexibility index (Phi) is 6.12. The zero-order valence-corrected chi connectivity index (χ0v) is 21.6. The Labute approximate surface area is 227 Å². The minimum atomic E-state index is -0.950. The van der Waals surface area contributed by atoms with E-state index in [1.807, 2.05) is 18.2 Å². The number of hydrogen-bond donors (Lipinski definition) is 1. The molecule has 0 spiro atoms. The molecule has 1 aliphatic rings. The van der Waals surface area contributed by atoms with E-state index in [0.717, 1.165) is 10.1 Å². The first-order valence-corrected chi connectivity index (χ1v) is 12.9. The van der Waals surface area contributed by atoms with Gasteiger partial charge in [-0.25, -0.2) is 4.98 Å². The van der Waals surface area contributed by atoms with Crippen molar-refractivity contribution in [1.29, 1.82) is 0 Å². The van der Waals surface area contributed by atoms with Crippen molar-refractivity contribution in [2.24, 2.45) is 0 Å². The number of ether oxygens (including phenoxy) is 2. The summed E-state index contributed by atoms with van der Waals surface area (Å²) in [7, 11) is 1.57. The number of nitrogens with zero attached hydrogens (tertiary/aromatic N) is 2. The number of aliphatic hydroxyl groups is 1. The van der Waals surface area contributed by atoms with Crippen LogP contribution in [0.3, 0.4) is 0 Å². The lowest BCUT2D eigenvalue weighted by molar-refractivity contribution is -0.117. The second-order valence-corrected chi connectivity index (χ2v) is 9.83. The molecule has 1 N–H and O–H groups in total. The van der Waals surface area contributed by atoms with Crippen LogP contribution in [-0.2, 0) is 4.79 Å². The number of Topliss-reactive ketones (excluding diaryl/α,β-unsaturated/α-hetero) is 1. The second-order valence-electron chi connectivity index (χ2n) is 8.82. The molecule has 0 saturated carbocycles. The topological polar surface area (TPSA) is 102 Å². The normalized spacial score (nSPS) is 15.4. The first-order valence-electron chi connectivity index (χ1n) is 12.1. The number of benzene rings is 3. The van der Waals surface area contributed by atoms with Crippen LogP contribution in [0.5, 0.6) is 11.5 Å². The Balaban J connectivity index is 1.47. The van der Waals surface area contributed by atoms with E-state index < -0.39 is 23.5 Å².